The molecule has 4 nitrogen and oxygen atoms in total. The Morgan fingerprint density at radius 2 is 1.96 bits per heavy atom. The smallest absolute Gasteiger partial charge is 0.336 e. The maximum Gasteiger partial charge on any atom is 0.336 e. The fourth-order valence-corrected chi connectivity index (χ4v) is 4.64. The molecule has 3 rings (SSSR count). The normalized spacial score (nSPS) is 21.4. The minimum Gasteiger partial charge on any atom is -0.463 e. The van der Waals surface area contributed by atoms with Gasteiger partial charge in [0.15, 0.2) is 5.78 Å². The van der Waals surface area contributed by atoms with E-state index in [-0.39, 0.29) is 17.8 Å². The van der Waals surface area contributed by atoms with Gasteiger partial charge in [-0.25, -0.2) is 4.79 Å². The zero-order valence-corrected chi connectivity index (χ0v) is 18.1. The molecule has 0 radical (unpaired) electrons. The maximum atomic E-state index is 13.2. The number of carbonyl (C=O) groups excluding carboxylic acids is 2. The number of allylic oxidation sites excluding steroid dienone is 3. The molecule has 0 aromatic heterocycles. The Hall–Kier alpha value is -1.78. The number of ketones is 1. The Kier molecular flexibility index (Phi) is 5.92. The van der Waals surface area contributed by atoms with Crippen LogP contribution in [0.2, 0.25) is 10.0 Å². The lowest BCUT2D eigenvalue weighted by Gasteiger charge is -2.40. The van der Waals surface area contributed by atoms with Gasteiger partial charge in [0.1, 0.15) is 0 Å². The first-order valence-electron chi connectivity index (χ1n) is 9.57. The first-order chi connectivity index (χ1) is 13.2. The SMILES string of the molecule is CCOC(=O)C1=C(CC)NC2=C(C(=O)CC(C)(C)C2)[C@@H]1c1ccc(Cl)cc1Cl. The summed E-state index contributed by atoms with van der Waals surface area (Å²) in [6.07, 6.45) is 1.77. The Labute approximate surface area is 175 Å². The Morgan fingerprint density at radius 3 is 2.57 bits per heavy atom. The van der Waals surface area contributed by atoms with Gasteiger partial charge in [0, 0.05) is 39.4 Å². The zero-order chi connectivity index (χ0) is 20.6. The van der Waals surface area contributed by atoms with Crippen LogP contribution in [-0.4, -0.2) is 18.4 Å². The highest BCUT2D eigenvalue weighted by molar-refractivity contribution is 6.35. The summed E-state index contributed by atoms with van der Waals surface area (Å²) in [6.45, 7) is 8.16. The number of halogens is 2. The lowest BCUT2D eigenvalue weighted by Crippen LogP contribution is -2.39. The van der Waals surface area contributed by atoms with Gasteiger partial charge in [0.25, 0.3) is 0 Å². The molecule has 1 heterocycles. The van der Waals surface area contributed by atoms with E-state index in [4.69, 9.17) is 27.9 Å². The second-order valence-corrected chi connectivity index (χ2v) is 8.87. The van der Waals surface area contributed by atoms with Gasteiger partial charge in [-0.15, -0.1) is 0 Å². The van der Waals surface area contributed by atoms with Gasteiger partial charge in [-0.1, -0.05) is 50.0 Å². The minimum atomic E-state index is -0.557. The molecule has 1 atom stereocenters. The van der Waals surface area contributed by atoms with Crippen LogP contribution in [0.1, 0.15) is 58.4 Å². The van der Waals surface area contributed by atoms with Crippen molar-refractivity contribution in [3.8, 4) is 0 Å². The largest absolute Gasteiger partial charge is 0.463 e. The number of benzene rings is 1. The van der Waals surface area contributed by atoms with Gasteiger partial charge < -0.3 is 10.1 Å². The minimum absolute atomic E-state index is 0.0340. The van der Waals surface area contributed by atoms with Crippen molar-refractivity contribution in [1.29, 1.82) is 0 Å². The van der Waals surface area contributed by atoms with Gasteiger partial charge in [-0.3, -0.25) is 4.79 Å². The number of nitrogens with one attached hydrogen (secondary N) is 1. The molecule has 1 aliphatic carbocycles. The number of ether oxygens (including phenoxy) is 1. The molecule has 0 unspecified atom stereocenters. The zero-order valence-electron chi connectivity index (χ0n) is 16.6. The summed E-state index contributed by atoms with van der Waals surface area (Å²) in [5, 5.41) is 4.32. The summed E-state index contributed by atoms with van der Waals surface area (Å²) in [6, 6.07) is 5.17. The van der Waals surface area contributed by atoms with Crippen molar-refractivity contribution in [2.24, 2.45) is 5.41 Å². The van der Waals surface area contributed by atoms with Crippen LogP contribution in [0.4, 0.5) is 0 Å². The highest BCUT2D eigenvalue weighted by Gasteiger charge is 2.44. The van der Waals surface area contributed by atoms with Crippen molar-refractivity contribution in [1.82, 2.24) is 5.32 Å². The van der Waals surface area contributed by atoms with Crippen LogP contribution >= 0.6 is 23.2 Å². The molecule has 28 heavy (non-hydrogen) atoms. The fourth-order valence-electron chi connectivity index (χ4n) is 4.12. The van der Waals surface area contributed by atoms with Crippen LogP contribution in [0.15, 0.2) is 40.7 Å². The third-order valence-corrected chi connectivity index (χ3v) is 5.81. The second kappa shape index (κ2) is 7.92. The van der Waals surface area contributed by atoms with Crippen molar-refractivity contribution in [2.75, 3.05) is 6.61 Å². The summed E-state index contributed by atoms with van der Waals surface area (Å²) in [4.78, 5) is 26.1. The molecule has 0 bridgehead atoms. The van der Waals surface area contributed by atoms with E-state index in [2.05, 4.69) is 19.2 Å². The standard InChI is InChI=1S/C22H25Cl2NO3/c1-5-15-20(21(27)28-6-2)18(13-8-7-12(23)9-14(13)24)19-16(25-15)10-22(3,4)11-17(19)26/h7-9,18,25H,5-6,10-11H2,1-4H3/t18-/m0/s1. The van der Waals surface area contributed by atoms with E-state index in [9.17, 15) is 9.59 Å². The van der Waals surface area contributed by atoms with E-state index in [0.29, 0.717) is 39.6 Å². The third kappa shape index (κ3) is 3.85. The van der Waals surface area contributed by atoms with Gasteiger partial charge in [0.05, 0.1) is 12.2 Å². The van der Waals surface area contributed by atoms with Crippen molar-refractivity contribution >= 4 is 35.0 Å². The van der Waals surface area contributed by atoms with E-state index in [1.165, 1.54) is 0 Å². The molecule has 0 saturated carbocycles. The number of rotatable bonds is 4. The summed E-state index contributed by atoms with van der Waals surface area (Å²) in [7, 11) is 0. The van der Waals surface area contributed by atoms with Crippen molar-refractivity contribution in [3.63, 3.8) is 0 Å². The first-order valence-corrected chi connectivity index (χ1v) is 10.3. The van der Waals surface area contributed by atoms with Crippen LogP contribution in [-0.2, 0) is 14.3 Å². The molecular weight excluding hydrogens is 397 g/mol. The number of esters is 1. The van der Waals surface area contributed by atoms with E-state index >= 15 is 0 Å². The maximum absolute atomic E-state index is 13.2. The number of hydrogen-bond donors (Lipinski definition) is 1. The summed E-state index contributed by atoms with van der Waals surface area (Å²) in [5.41, 5.74) is 3.28. The monoisotopic (exact) mass is 421 g/mol. The molecule has 0 fully saturated rings. The molecule has 1 N–H and O–H groups in total. The molecule has 6 heteroatoms. The lowest BCUT2D eigenvalue weighted by atomic mass is 9.68. The molecule has 150 valence electrons. The highest BCUT2D eigenvalue weighted by Crippen LogP contribution is 2.48. The van der Waals surface area contributed by atoms with E-state index in [0.717, 1.165) is 17.8 Å². The predicted octanol–water partition coefficient (Wildman–Crippen LogP) is 5.55. The highest BCUT2D eigenvalue weighted by atomic mass is 35.5. The number of Topliss-reactive ketones (excluding diaryl/α,β-unsaturated/α-hetero) is 1. The van der Waals surface area contributed by atoms with Crippen molar-refractivity contribution in [2.45, 2.75) is 52.9 Å². The number of hydrogen-bond acceptors (Lipinski definition) is 4. The van der Waals surface area contributed by atoms with Crippen LogP contribution < -0.4 is 5.32 Å². The second-order valence-electron chi connectivity index (χ2n) is 8.02. The molecule has 1 aliphatic heterocycles. The summed E-state index contributed by atoms with van der Waals surface area (Å²) in [5.74, 6) is -0.947. The summed E-state index contributed by atoms with van der Waals surface area (Å²) < 4.78 is 5.34. The Balaban J connectivity index is 2.25. The van der Waals surface area contributed by atoms with Crippen LogP contribution in [0, 0.1) is 5.41 Å². The van der Waals surface area contributed by atoms with Crippen LogP contribution in [0.25, 0.3) is 0 Å². The van der Waals surface area contributed by atoms with Gasteiger partial charge in [0.2, 0.25) is 0 Å². The molecular formula is C22H25Cl2NO3. The Bertz CT molecular complexity index is 899. The van der Waals surface area contributed by atoms with Crippen LogP contribution in [0.5, 0.6) is 0 Å². The van der Waals surface area contributed by atoms with Crippen LogP contribution in [0.3, 0.4) is 0 Å². The topological polar surface area (TPSA) is 55.4 Å². The number of dihydropyridines is 1. The Morgan fingerprint density at radius 1 is 1.25 bits per heavy atom. The average molecular weight is 422 g/mol. The number of carbonyl (C=O) groups is 2. The molecule has 1 aromatic rings. The van der Waals surface area contributed by atoms with E-state index in [1.807, 2.05) is 6.92 Å². The van der Waals surface area contributed by atoms with Gasteiger partial charge in [-0.05, 0) is 42.9 Å². The van der Waals surface area contributed by atoms with Crippen molar-refractivity contribution in [3.05, 3.63) is 56.3 Å². The molecule has 1 aromatic carbocycles. The third-order valence-electron chi connectivity index (χ3n) is 5.25. The molecule has 2 aliphatic rings. The quantitative estimate of drug-likeness (QED) is 0.647. The summed E-state index contributed by atoms with van der Waals surface area (Å²) >= 11 is 12.6. The molecule has 0 spiro atoms. The lowest BCUT2D eigenvalue weighted by molar-refractivity contribution is -0.138. The van der Waals surface area contributed by atoms with Crippen molar-refractivity contribution < 1.29 is 14.3 Å². The fraction of sp³-hybridized carbons (Fsp3) is 0.455. The van der Waals surface area contributed by atoms with E-state index in [1.54, 1.807) is 25.1 Å². The van der Waals surface area contributed by atoms with E-state index < -0.39 is 11.9 Å². The average Bonchev–Trinajstić information content (AvgIpc) is 2.59. The van der Waals surface area contributed by atoms with Gasteiger partial charge in [-0.2, -0.15) is 0 Å². The van der Waals surface area contributed by atoms with Gasteiger partial charge >= 0.3 is 5.97 Å². The molecule has 0 saturated heterocycles. The predicted molar refractivity (Wildman–Crippen MR) is 111 cm³/mol. The molecule has 0 amide bonds. The first kappa shape index (κ1) is 20.9.